The molecule has 0 spiro atoms. The van der Waals surface area contributed by atoms with Gasteiger partial charge in [0, 0.05) is 23.4 Å². The Morgan fingerprint density at radius 3 is 2.38 bits per heavy atom. The molecule has 0 aromatic heterocycles. The van der Waals surface area contributed by atoms with E-state index in [0.29, 0.717) is 17.3 Å². The maximum Gasteiger partial charge on any atom is 0.242 e. The fraction of sp³-hybridized carbons (Fsp3) is 0.391. The molecule has 0 fully saturated rings. The second-order valence-corrected chi connectivity index (χ2v) is 8.48. The maximum atomic E-state index is 13.0. The van der Waals surface area contributed by atoms with Crippen molar-refractivity contribution in [3.05, 3.63) is 70.7 Å². The van der Waals surface area contributed by atoms with Crippen LogP contribution in [0.25, 0.3) is 0 Å². The fourth-order valence-corrected chi connectivity index (χ4v) is 3.84. The van der Waals surface area contributed by atoms with Crippen molar-refractivity contribution in [1.29, 1.82) is 0 Å². The number of hydrogen-bond acceptors (Lipinski definition) is 3. The third kappa shape index (κ3) is 7.41. The summed E-state index contributed by atoms with van der Waals surface area (Å²) in [7, 11) is 0. The summed E-state index contributed by atoms with van der Waals surface area (Å²) in [5, 5.41) is 3.57. The van der Waals surface area contributed by atoms with Crippen LogP contribution in [-0.4, -0.2) is 34.6 Å². The van der Waals surface area contributed by atoms with Gasteiger partial charge in [0.2, 0.25) is 11.8 Å². The smallest absolute Gasteiger partial charge is 0.242 e. The lowest BCUT2D eigenvalue weighted by molar-refractivity contribution is -0.138. The second-order valence-electron chi connectivity index (χ2n) is 7.09. The van der Waals surface area contributed by atoms with Crippen LogP contribution in [0, 0.1) is 0 Å². The first-order chi connectivity index (χ1) is 13.9. The Labute approximate surface area is 183 Å². The highest BCUT2D eigenvalue weighted by atomic mass is 35.5. The highest BCUT2D eigenvalue weighted by Crippen LogP contribution is 2.20. The van der Waals surface area contributed by atoms with E-state index in [4.69, 9.17) is 11.6 Å². The van der Waals surface area contributed by atoms with E-state index in [9.17, 15) is 9.59 Å². The van der Waals surface area contributed by atoms with Gasteiger partial charge in [0.25, 0.3) is 0 Å². The third-order valence-corrected chi connectivity index (χ3v) is 6.16. The van der Waals surface area contributed by atoms with Crippen LogP contribution >= 0.6 is 23.4 Å². The zero-order chi connectivity index (χ0) is 21.2. The van der Waals surface area contributed by atoms with Gasteiger partial charge in [0.1, 0.15) is 6.04 Å². The Balaban J connectivity index is 2.08. The summed E-state index contributed by atoms with van der Waals surface area (Å²) >= 11 is 7.85. The SMILES string of the molecule is CC[C@@H](C)NC(=O)[C@@H](C)N(Cc1ccccc1Cl)C(=O)CSCc1ccccc1. The first-order valence-electron chi connectivity index (χ1n) is 9.87. The van der Waals surface area contributed by atoms with E-state index in [1.165, 1.54) is 5.56 Å². The summed E-state index contributed by atoms with van der Waals surface area (Å²) in [5.74, 6) is 0.839. The van der Waals surface area contributed by atoms with Gasteiger partial charge in [-0.3, -0.25) is 9.59 Å². The standard InChI is InChI=1S/C23H29ClN2O2S/c1-4-17(2)25-23(28)18(3)26(14-20-12-8-9-13-21(20)24)22(27)16-29-15-19-10-6-5-7-11-19/h5-13,17-18H,4,14-16H2,1-3H3,(H,25,28)/t17-,18-/m1/s1. The molecule has 0 aliphatic heterocycles. The summed E-state index contributed by atoms with van der Waals surface area (Å²) in [6.07, 6.45) is 0.837. The number of carbonyl (C=O) groups excluding carboxylic acids is 2. The number of amides is 2. The van der Waals surface area contributed by atoms with E-state index < -0.39 is 6.04 Å². The number of carbonyl (C=O) groups is 2. The van der Waals surface area contributed by atoms with Crippen molar-refractivity contribution in [1.82, 2.24) is 10.2 Å². The van der Waals surface area contributed by atoms with Gasteiger partial charge < -0.3 is 10.2 Å². The van der Waals surface area contributed by atoms with Crippen LogP contribution < -0.4 is 5.32 Å². The number of nitrogens with one attached hydrogen (secondary N) is 1. The monoisotopic (exact) mass is 432 g/mol. The normalized spacial score (nSPS) is 12.8. The molecule has 0 aliphatic rings. The molecular formula is C23H29ClN2O2S. The zero-order valence-electron chi connectivity index (χ0n) is 17.2. The van der Waals surface area contributed by atoms with E-state index in [-0.39, 0.29) is 17.9 Å². The molecule has 6 heteroatoms. The highest BCUT2D eigenvalue weighted by Gasteiger charge is 2.27. The fourth-order valence-electron chi connectivity index (χ4n) is 2.77. The molecule has 0 unspecified atom stereocenters. The molecular weight excluding hydrogens is 404 g/mol. The Morgan fingerprint density at radius 2 is 1.72 bits per heavy atom. The lowest BCUT2D eigenvalue weighted by atomic mass is 10.1. The van der Waals surface area contributed by atoms with Crippen LogP contribution in [0.5, 0.6) is 0 Å². The molecule has 4 nitrogen and oxygen atoms in total. The number of rotatable bonds is 10. The average Bonchev–Trinajstić information content (AvgIpc) is 2.73. The van der Waals surface area contributed by atoms with Crippen molar-refractivity contribution < 1.29 is 9.59 Å². The second kappa shape index (κ2) is 11.9. The van der Waals surface area contributed by atoms with E-state index >= 15 is 0 Å². The highest BCUT2D eigenvalue weighted by molar-refractivity contribution is 7.99. The van der Waals surface area contributed by atoms with Crippen molar-refractivity contribution in [2.75, 3.05) is 5.75 Å². The Bertz CT molecular complexity index is 800. The largest absolute Gasteiger partial charge is 0.352 e. The number of thioether (sulfide) groups is 1. The van der Waals surface area contributed by atoms with Crippen LogP contribution in [0.4, 0.5) is 0 Å². The summed E-state index contributed by atoms with van der Waals surface area (Å²) in [4.78, 5) is 27.3. The predicted octanol–water partition coefficient (Wildman–Crippen LogP) is 4.91. The van der Waals surface area contributed by atoms with Gasteiger partial charge >= 0.3 is 0 Å². The van der Waals surface area contributed by atoms with Crippen LogP contribution in [0.15, 0.2) is 54.6 Å². The quantitative estimate of drug-likeness (QED) is 0.580. The first kappa shape index (κ1) is 23.3. The summed E-state index contributed by atoms with van der Waals surface area (Å²) < 4.78 is 0. The molecule has 29 heavy (non-hydrogen) atoms. The number of hydrogen-bond donors (Lipinski definition) is 1. The van der Waals surface area contributed by atoms with Crippen molar-refractivity contribution in [3.8, 4) is 0 Å². The van der Waals surface area contributed by atoms with Gasteiger partial charge in [0.15, 0.2) is 0 Å². The molecule has 156 valence electrons. The summed E-state index contributed by atoms with van der Waals surface area (Å²) in [5.41, 5.74) is 2.00. The van der Waals surface area contributed by atoms with E-state index in [2.05, 4.69) is 5.32 Å². The molecule has 2 atom stereocenters. The molecule has 2 amide bonds. The molecule has 0 saturated carbocycles. The van der Waals surface area contributed by atoms with Crippen LogP contribution in [0.3, 0.4) is 0 Å². The van der Waals surface area contributed by atoms with Crippen LogP contribution in [0.1, 0.15) is 38.3 Å². The lowest BCUT2D eigenvalue weighted by Gasteiger charge is -2.30. The molecule has 2 rings (SSSR count). The molecule has 0 bridgehead atoms. The van der Waals surface area contributed by atoms with E-state index in [1.807, 2.05) is 62.4 Å². The van der Waals surface area contributed by atoms with Crippen molar-refractivity contribution in [2.45, 2.75) is 51.6 Å². The molecule has 2 aromatic carbocycles. The number of nitrogens with zero attached hydrogens (tertiary/aromatic N) is 1. The minimum atomic E-state index is -0.579. The Kier molecular flexibility index (Phi) is 9.55. The average molecular weight is 433 g/mol. The molecule has 0 radical (unpaired) electrons. The molecule has 0 aliphatic carbocycles. The van der Waals surface area contributed by atoms with E-state index in [0.717, 1.165) is 17.7 Å². The number of halogens is 1. The van der Waals surface area contributed by atoms with Gasteiger partial charge in [-0.2, -0.15) is 0 Å². The van der Waals surface area contributed by atoms with Crippen molar-refractivity contribution in [2.24, 2.45) is 0 Å². The summed E-state index contributed by atoms with van der Waals surface area (Å²) in [6.45, 7) is 6.05. The van der Waals surface area contributed by atoms with Gasteiger partial charge in [-0.25, -0.2) is 0 Å². The van der Waals surface area contributed by atoms with Gasteiger partial charge in [-0.15, -0.1) is 11.8 Å². The Hall–Kier alpha value is -1.98. The maximum absolute atomic E-state index is 13.0. The topological polar surface area (TPSA) is 49.4 Å². The van der Waals surface area contributed by atoms with Gasteiger partial charge in [0.05, 0.1) is 5.75 Å². The molecule has 2 aromatic rings. The summed E-state index contributed by atoms with van der Waals surface area (Å²) in [6, 6.07) is 17.0. The minimum absolute atomic E-state index is 0.0645. The van der Waals surface area contributed by atoms with Crippen molar-refractivity contribution >= 4 is 35.2 Å². The third-order valence-electron chi connectivity index (χ3n) is 4.80. The van der Waals surface area contributed by atoms with Gasteiger partial charge in [-0.1, -0.05) is 67.1 Å². The number of benzene rings is 2. The predicted molar refractivity (Wildman–Crippen MR) is 122 cm³/mol. The Morgan fingerprint density at radius 1 is 1.07 bits per heavy atom. The van der Waals surface area contributed by atoms with Crippen LogP contribution in [0.2, 0.25) is 5.02 Å². The lowest BCUT2D eigenvalue weighted by Crippen LogP contribution is -2.50. The van der Waals surface area contributed by atoms with Gasteiger partial charge in [-0.05, 0) is 37.5 Å². The zero-order valence-corrected chi connectivity index (χ0v) is 18.8. The first-order valence-corrected chi connectivity index (χ1v) is 11.4. The van der Waals surface area contributed by atoms with Crippen LogP contribution in [-0.2, 0) is 21.9 Å². The molecule has 0 heterocycles. The van der Waals surface area contributed by atoms with E-state index in [1.54, 1.807) is 29.7 Å². The molecule has 0 saturated heterocycles. The minimum Gasteiger partial charge on any atom is -0.352 e. The van der Waals surface area contributed by atoms with Crippen molar-refractivity contribution in [3.63, 3.8) is 0 Å². The molecule has 1 N–H and O–H groups in total.